The van der Waals surface area contributed by atoms with E-state index in [0.717, 1.165) is 18.9 Å². The fourth-order valence-electron chi connectivity index (χ4n) is 3.45. The fourth-order valence-corrected chi connectivity index (χ4v) is 3.45. The molecule has 1 aliphatic rings. The molecular weight excluding hydrogens is 440 g/mol. The van der Waals surface area contributed by atoms with Crippen LogP contribution in [0.4, 0.5) is 23.2 Å². The quantitative estimate of drug-likeness (QED) is 0.366. The summed E-state index contributed by atoms with van der Waals surface area (Å²) in [5.41, 5.74) is 1.67. The summed E-state index contributed by atoms with van der Waals surface area (Å²) in [6.07, 6.45) is 4.99. The topological polar surface area (TPSA) is 69.0 Å². The summed E-state index contributed by atoms with van der Waals surface area (Å²) in [7, 11) is 0. The summed E-state index contributed by atoms with van der Waals surface area (Å²) in [5.74, 6) is -1.44. The highest BCUT2D eigenvalue weighted by atomic mass is 19.4. The van der Waals surface area contributed by atoms with Gasteiger partial charge in [0.15, 0.2) is 5.82 Å². The van der Waals surface area contributed by atoms with Gasteiger partial charge in [-0.2, -0.15) is 18.3 Å². The summed E-state index contributed by atoms with van der Waals surface area (Å²) < 4.78 is 60.1. The number of hydrogen-bond donors (Lipinski definition) is 1. The van der Waals surface area contributed by atoms with Gasteiger partial charge in [-0.1, -0.05) is 12.6 Å². The van der Waals surface area contributed by atoms with Gasteiger partial charge in [0.05, 0.1) is 24.5 Å². The second kappa shape index (κ2) is 9.14. The molecule has 0 radical (unpaired) electrons. The van der Waals surface area contributed by atoms with E-state index in [2.05, 4.69) is 22.0 Å². The normalized spacial score (nSPS) is 13.7. The van der Waals surface area contributed by atoms with E-state index in [1.165, 1.54) is 24.5 Å². The Morgan fingerprint density at radius 3 is 2.73 bits per heavy atom. The molecule has 6 nitrogen and oxygen atoms in total. The average Bonchev–Trinajstić information content (AvgIpc) is 3.51. The molecule has 10 heteroatoms. The van der Waals surface area contributed by atoms with Crippen LogP contribution in [-0.2, 0) is 16.1 Å². The van der Waals surface area contributed by atoms with Crippen LogP contribution in [0.3, 0.4) is 0 Å². The van der Waals surface area contributed by atoms with Crippen LogP contribution >= 0.6 is 0 Å². The summed E-state index contributed by atoms with van der Waals surface area (Å²) in [5, 5.41) is 6.74. The number of anilines is 1. The number of nitrogens with one attached hydrogen (secondary N) is 1. The standard InChI is InChI=1S/C23H20F4N4O2/c1-2-20(32)30-19-6-3-14(12-33-13-23(25,26)27)21(22(19)24)18-10-28-8-7-17(18)15-9-29-31(11-15)16-4-5-16/h2-3,6-11,16H,1,4-5,12-13H2,(H,30,32). The van der Waals surface area contributed by atoms with E-state index in [0.29, 0.717) is 22.7 Å². The third-order valence-electron chi connectivity index (χ3n) is 5.12. The summed E-state index contributed by atoms with van der Waals surface area (Å²) in [4.78, 5) is 15.8. The van der Waals surface area contributed by atoms with Gasteiger partial charge in [0.2, 0.25) is 5.91 Å². The molecule has 1 aromatic carbocycles. The molecule has 2 heterocycles. The summed E-state index contributed by atoms with van der Waals surface area (Å²) in [6.45, 7) is 1.38. The van der Waals surface area contributed by atoms with Crippen molar-refractivity contribution in [1.29, 1.82) is 0 Å². The number of pyridine rings is 1. The predicted molar refractivity (Wildman–Crippen MR) is 114 cm³/mol. The van der Waals surface area contributed by atoms with Crippen LogP contribution in [0.2, 0.25) is 0 Å². The van der Waals surface area contributed by atoms with Gasteiger partial charge in [-0.25, -0.2) is 4.39 Å². The second-order valence-electron chi connectivity index (χ2n) is 7.62. The van der Waals surface area contributed by atoms with Crippen molar-refractivity contribution in [2.24, 2.45) is 0 Å². The van der Waals surface area contributed by atoms with Crippen LogP contribution in [0.1, 0.15) is 24.4 Å². The Bertz CT molecular complexity index is 1190. The van der Waals surface area contributed by atoms with Crippen molar-refractivity contribution in [2.75, 3.05) is 11.9 Å². The minimum atomic E-state index is -4.52. The molecule has 0 spiro atoms. The second-order valence-corrected chi connectivity index (χ2v) is 7.62. The summed E-state index contributed by atoms with van der Waals surface area (Å²) in [6, 6.07) is 4.70. The Hall–Kier alpha value is -3.53. The molecule has 172 valence electrons. The van der Waals surface area contributed by atoms with Crippen molar-refractivity contribution in [2.45, 2.75) is 31.7 Å². The minimum Gasteiger partial charge on any atom is -0.367 e. The molecule has 0 saturated heterocycles. The zero-order valence-electron chi connectivity index (χ0n) is 17.4. The molecule has 0 atom stereocenters. The molecule has 4 rings (SSSR count). The lowest BCUT2D eigenvalue weighted by molar-refractivity contribution is -0.176. The van der Waals surface area contributed by atoms with Gasteiger partial charge in [-0.3, -0.25) is 14.5 Å². The monoisotopic (exact) mass is 460 g/mol. The van der Waals surface area contributed by atoms with Crippen LogP contribution in [-0.4, -0.2) is 33.5 Å². The fraction of sp³-hybridized carbons (Fsp3) is 0.261. The number of carbonyl (C=O) groups is 1. The Morgan fingerprint density at radius 2 is 2.03 bits per heavy atom. The predicted octanol–water partition coefficient (Wildman–Crippen LogP) is 5.29. The highest BCUT2D eigenvalue weighted by Crippen LogP contribution is 2.40. The highest BCUT2D eigenvalue weighted by Gasteiger charge is 2.28. The first-order valence-electron chi connectivity index (χ1n) is 10.1. The van der Waals surface area contributed by atoms with E-state index in [-0.39, 0.29) is 16.8 Å². The highest BCUT2D eigenvalue weighted by molar-refractivity contribution is 5.99. The smallest absolute Gasteiger partial charge is 0.367 e. The first-order valence-corrected chi connectivity index (χ1v) is 10.1. The number of carbonyl (C=O) groups excluding carboxylic acids is 1. The number of nitrogens with zero attached hydrogens (tertiary/aromatic N) is 3. The molecule has 1 aliphatic carbocycles. The van der Waals surface area contributed by atoms with Crippen LogP contribution in [0.5, 0.6) is 0 Å². The van der Waals surface area contributed by atoms with E-state index >= 15 is 4.39 Å². The lowest BCUT2D eigenvalue weighted by atomic mass is 9.93. The number of rotatable bonds is 8. The SMILES string of the molecule is C=CC(=O)Nc1ccc(COCC(F)(F)F)c(-c2cnccc2-c2cnn(C3CC3)c2)c1F. The maximum Gasteiger partial charge on any atom is 0.411 e. The Morgan fingerprint density at radius 1 is 1.24 bits per heavy atom. The van der Waals surface area contributed by atoms with Gasteiger partial charge in [-0.05, 0) is 42.2 Å². The first kappa shape index (κ1) is 22.7. The van der Waals surface area contributed by atoms with Gasteiger partial charge >= 0.3 is 6.18 Å². The molecule has 1 saturated carbocycles. The number of benzene rings is 1. The van der Waals surface area contributed by atoms with Gasteiger partial charge in [-0.15, -0.1) is 0 Å². The average molecular weight is 460 g/mol. The van der Waals surface area contributed by atoms with Crippen molar-refractivity contribution in [3.8, 4) is 22.3 Å². The third-order valence-corrected chi connectivity index (χ3v) is 5.12. The number of halogens is 4. The first-order chi connectivity index (χ1) is 15.8. The lowest BCUT2D eigenvalue weighted by Crippen LogP contribution is -2.17. The molecule has 0 bridgehead atoms. The van der Waals surface area contributed by atoms with E-state index in [9.17, 15) is 18.0 Å². The van der Waals surface area contributed by atoms with Gasteiger partial charge in [0.25, 0.3) is 0 Å². The van der Waals surface area contributed by atoms with Crippen LogP contribution in [0, 0.1) is 5.82 Å². The van der Waals surface area contributed by atoms with Crippen molar-refractivity contribution in [3.63, 3.8) is 0 Å². The largest absolute Gasteiger partial charge is 0.411 e. The Labute approximate surface area is 186 Å². The molecule has 1 amide bonds. The summed E-state index contributed by atoms with van der Waals surface area (Å²) >= 11 is 0. The Kier molecular flexibility index (Phi) is 6.28. The van der Waals surface area contributed by atoms with Gasteiger partial charge in [0.1, 0.15) is 6.61 Å². The third kappa shape index (κ3) is 5.28. The van der Waals surface area contributed by atoms with Crippen LogP contribution in [0.25, 0.3) is 22.3 Å². The number of ether oxygens (including phenoxy) is 1. The van der Waals surface area contributed by atoms with E-state index in [4.69, 9.17) is 4.74 Å². The zero-order valence-corrected chi connectivity index (χ0v) is 17.4. The molecule has 0 unspecified atom stereocenters. The van der Waals surface area contributed by atoms with Crippen LogP contribution in [0.15, 0.2) is 55.6 Å². The number of alkyl halides is 3. The maximum atomic E-state index is 15.6. The van der Waals surface area contributed by atoms with Crippen molar-refractivity contribution in [3.05, 3.63) is 67.0 Å². The van der Waals surface area contributed by atoms with E-state index in [1.807, 2.05) is 10.9 Å². The molecule has 0 aliphatic heterocycles. The van der Waals surface area contributed by atoms with Crippen molar-refractivity contribution < 1.29 is 27.1 Å². The molecular formula is C23H20F4N4O2. The number of hydrogen-bond acceptors (Lipinski definition) is 4. The molecule has 33 heavy (non-hydrogen) atoms. The van der Waals surface area contributed by atoms with Gasteiger partial charge < -0.3 is 10.1 Å². The molecule has 3 aromatic rings. The molecule has 1 fully saturated rings. The van der Waals surface area contributed by atoms with Gasteiger partial charge in [0, 0.05) is 35.3 Å². The molecule has 1 N–H and O–H groups in total. The zero-order chi connectivity index (χ0) is 23.6. The maximum absolute atomic E-state index is 15.6. The molecule has 2 aromatic heterocycles. The van der Waals surface area contributed by atoms with Crippen molar-refractivity contribution >= 4 is 11.6 Å². The minimum absolute atomic E-state index is 0.0127. The number of aromatic nitrogens is 3. The van der Waals surface area contributed by atoms with Crippen molar-refractivity contribution in [1.82, 2.24) is 14.8 Å². The van der Waals surface area contributed by atoms with E-state index < -0.39 is 31.1 Å². The van der Waals surface area contributed by atoms with E-state index in [1.54, 1.807) is 12.3 Å². The van der Waals surface area contributed by atoms with Crippen LogP contribution < -0.4 is 5.32 Å². The lowest BCUT2D eigenvalue weighted by Gasteiger charge is -2.17. The Balaban J connectivity index is 1.79. The number of amides is 1.